The summed E-state index contributed by atoms with van der Waals surface area (Å²) in [4.78, 5) is 0. The molecule has 0 saturated carbocycles. The summed E-state index contributed by atoms with van der Waals surface area (Å²) >= 11 is 0. The minimum Gasteiger partial charge on any atom is -0.204 e. The van der Waals surface area contributed by atoms with E-state index in [9.17, 15) is 0 Å². The van der Waals surface area contributed by atoms with Crippen molar-refractivity contribution in [3.05, 3.63) is 121 Å². The summed E-state index contributed by atoms with van der Waals surface area (Å²) < 4.78 is 4.50. The normalized spacial score (nSPS) is 10.4. The lowest BCUT2D eigenvalue weighted by atomic mass is 10.1. The van der Waals surface area contributed by atoms with E-state index in [1.807, 2.05) is 6.07 Å². The molecule has 0 aliphatic heterocycles. The van der Waals surface area contributed by atoms with E-state index >= 15 is 0 Å². The van der Waals surface area contributed by atoms with Gasteiger partial charge in [0.15, 0.2) is 24.8 Å². The maximum Gasteiger partial charge on any atom is 0.176 e. The molecule has 36 heavy (non-hydrogen) atoms. The maximum absolute atomic E-state index is 3.33. The van der Waals surface area contributed by atoms with Crippen molar-refractivity contribution >= 4 is 21.5 Å². The highest BCUT2D eigenvalue weighted by atomic mass is 14.9. The summed E-state index contributed by atoms with van der Waals surface area (Å²) in [6.45, 7) is 1.95. The summed E-state index contributed by atoms with van der Waals surface area (Å²) in [6, 6.07) is 29.6. The molecule has 174 valence electrons. The second-order valence-electron chi connectivity index (χ2n) is 9.01. The quantitative estimate of drug-likeness (QED) is 0.159. The van der Waals surface area contributed by atoms with Gasteiger partial charge in [0.25, 0.3) is 0 Å². The largest absolute Gasteiger partial charge is 0.204 e. The Balaban J connectivity index is 1.08. The predicted octanol–water partition coefficient (Wildman–Crippen LogP) is 6.23. The number of unbranched alkanes of at least 4 members (excludes halogenated alkanes) is 2. The van der Waals surface area contributed by atoms with Gasteiger partial charge in [-0.05, 0) is 41.1 Å². The summed E-state index contributed by atoms with van der Waals surface area (Å²) in [5, 5.41) is 5.11. The molecule has 0 fully saturated rings. The van der Waals surface area contributed by atoms with Crippen LogP contribution in [-0.4, -0.2) is 0 Å². The van der Waals surface area contributed by atoms with Gasteiger partial charge in [0.05, 0.1) is 0 Å². The molecule has 0 unspecified atom stereocenters. The van der Waals surface area contributed by atoms with Gasteiger partial charge < -0.3 is 0 Å². The van der Waals surface area contributed by atoms with Crippen LogP contribution in [0.1, 0.15) is 36.8 Å². The molecule has 2 heteroatoms. The van der Waals surface area contributed by atoms with Crippen LogP contribution in [0.4, 0.5) is 0 Å². The summed E-state index contributed by atoms with van der Waals surface area (Å²) in [5.74, 6) is 13.3. The highest BCUT2D eigenvalue weighted by Gasteiger charge is 2.03. The maximum atomic E-state index is 3.33. The highest BCUT2D eigenvalue weighted by molar-refractivity contribution is 5.80. The molecular formula is C34H30N2+2. The number of rotatable bonds is 6. The van der Waals surface area contributed by atoms with Gasteiger partial charge in [-0.15, -0.1) is 0 Å². The third-order valence-corrected chi connectivity index (χ3v) is 6.26. The van der Waals surface area contributed by atoms with E-state index in [0.29, 0.717) is 0 Å². The third kappa shape index (κ3) is 6.38. The lowest BCUT2D eigenvalue weighted by Gasteiger charge is -1.98. The molecule has 0 radical (unpaired) electrons. The van der Waals surface area contributed by atoms with Gasteiger partial charge in [-0.2, -0.15) is 0 Å². The number of hydrogen-bond donors (Lipinski definition) is 0. The van der Waals surface area contributed by atoms with Crippen molar-refractivity contribution in [3.63, 3.8) is 0 Å². The molecule has 2 nitrogen and oxygen atoms in total. The molecule has 3 aromatic carbocycles. The van der Waals surface area contributed by atoms with Crippen LogP contribution < -0.4 is 9.13 Å². The number of fused-ring (bicyclic) bond motifs is 2. The topological polar surface area (TPSA) is 7.76 Å². The van der Waals surface area contributed by atoms with Crippen LogP contribution in [0.15, 0.2) is 110 Å². The zero-order valence-electron chi connectivity index (χ0n) is 20.5. The van der Waals surface area contributed by atoms with Crippen molar-refractivity contribution in [2.45, 2.75) is 38.8 Å². The van der Waals surface area contributed by atoms with Crippen molar-refractivity contribution in [3.8, 4) is 23.7 Å². The van der Waals surface area contributed by atoms with Gasteiger partial charge in [-0.3, -0.25) is 0 Å². The lowest BCUT2D eigenvalue weighted by molar-refractivity contribution is -0.696. The Morgan fingerprint density at radius 2 is 0.972 bits per heavy atom. The number of aryl methyl sites for hydroxylation is 2. The average Bonchev–Trinajstić information content (AvgIpc) is 2.93. The molecule has 0 saturated heterocycles. The number of pyridine rings is 2. The van der Waals surface area contributed by atoms with Crippen LogP contribution in [0.25, 0.3) is 21.5 Å². The molecule has 0 spiro atoms. The van der Waals surface area contributed by atoms with E-state index in [2.05, 4.69) is 136 Å². The van der Waals surface area contributed by atoms with Crippen LogP contribution in [0.3, 0.4) is 0 Å². The van der Waals surface area contributed by atoms with Gasteiger partial charge in [-0.25, -0.2) is 9.13 Å². The molecule has 0 bridgehead atoms. The standard InChI is InChI=1S/C34H30N2/c1(9-22-35-24-20-31-16-5-7-18-33(31)27-35)3-12-29-14-11-15-30(26-29)13-4-2-10-23-36-25-21-32-17-6-8-19-34(32)28-36/h5-8,11,14-21,24-28H,1-2,9-10,22-23H2/q+2. The Hall–Kier alpha value is -4.40. The summed E-state index contributed by atoms with van der Waals surface area (Å²) in [7, 11) is 0. The molecule has 0 atom stereocenters. The van der Waals surface area contributed by atoms with Gasteiger partial charge in [0, 0.05) is 59.7 Å². The Labute approximate surface area is 213 Å². The Bertz CT molecular complexity index is 1490. The first-order chi connectivity index (χ1) is 17.8. The fraction of sp³-hybridized carbons (Fsp3) is 0.176. The lowest BCUT2D eigenvalue weighted by Crippen LogP contribution is -2.32. The SMILES string of the molecule is C(#Cc1cccc(C#CCCC[n+]2ccc3ccccc3c2)c1)CCC[n+]1ccc2ccccc2c1. The Morgan fingerprint density at radius 3 is 1.47 bits per heavy atom. The molecule has 0 amide bonds. The minimum atomic E-state index is 0.877. The van der Waals surface area contributed by atoms with E-state index in [0.717, 1.165) is 49.9 Å². The molecule has 5 aromatic rings. The summed E-state index contributed by atoms with van der Waals surface area (Å²) in [5.41, 5.74) is 2.07. The van der Waals surface area contributed by atoms with E-state index in [4.69, 9.17) is 0 Å². The number of aromatic nitrogens is 2. The second-order valence-corrected chi connectivity index (χ2v) is 9.01. The third-order valence-electron chi connectivity index (χ3n) is 6.26. The fourth-order valence-electron chi connectivity index (χ4n) is 4.34. The molecule has 2 heterocycles. The average molecular weight is 467 g/mol. The molecule has 0 N–H and O–H groups in total. The van der Waals surface area contributed by atoms with Crippen LogP contribution in [-0.2, 0) is 13.1 Å². The van der Waals surface area contributed by atoms with E-state index in [1.54, 1.807) is 0 Å². The number of hydrogen-bond acceptors (Lipinski definition) is 0. The Morgan fingerprint density at radius 1 is 0.500 bits per heavy atom. The van der Waals surface area contributed by atoms with E-state index in [-0.39, 0.29) is 0 Å². The van der Waals surface area contributed by atoms with Crippen LogP contribution in [0.2, 0.25) is 0 Å². The Kier molecular flexibility index (Phi) is 7.67. The second kappa shape index (κ2) is 11.8. The van der Waals surface area contributed by atoms with Crippen LogP contribution in [0, 0.1) is 23.7 Å². The van der Waals surface area contributed by atoms with Gasteiger partial charge in [-0.1, -0.05) is 66.1 Å². The minimum absolute atomic E-state index is 0.877. The smallest absolute Gasteiger partial charge is 0.176 e. The molecule has 0 aliphatic rings. The van der Waals surface area contributed by atoms with E-state index < -0.39 is 0 Å². The highest BCUT2D eigenvalue weighted by Crippen LogP contribution is 2.11. The molecule has 2 aromatic heterocycles. The van der Waals surface area contributed by atoms with Gasteiger partial charge >= 0.3 is 0 Å². The number of benzene rings is 3. The molecule has 0 aliphatic carbocycles. The molecular weight excluding hydrogens is 436 g/mol. The zero-order chi connectivity index (χ0) is 24.4. The van der Waals surface area contributed by atoms with Crippen molar-refractivity contribution < 1.29 is 9.13 Å². The van der Waals surface area contributed by atoms with Gasteiger partial charge in [0.1, 0.15) is 13.1 Å². The monoisotopic (exact) mass is 466 g/mol. The van der Waals surface area contributed by atoms with Crippen LogP contribution in [0.5, 0.6) is 0 Å². The summed E-state index contributed by atoms with van der Waals surface area (Å²) in [6.07, 6.45) is 12.5. The zero-order valence-corrected chi connectivity index (χ0v) is 20.5. The molecule has 5 rings (SSSR count). The van der Waals surface area contributed by atoms with Crippen molar-refractivity contribution in [2.24, 2.45) is 0 Å². The predicted molar refractivity (Wildman–Crippen MR) is 147 cm³/mol. The van der Waals surface area contributed by atoms with Crippen molar-refractivity contribution in [2.75, 3.05) is 0 Å². The van der Waals surface area contributed by atoms with Crippen molar-refractivity contribution in [1.29, 1.82) is 0 Å². The fourth-order valence-corrected chi connectivity index (χ4v) is 4.34. The van der Waals surface area contributed by atoms with E-state index in [1.165, 1.54) is 21.5 Å². The van der Waals surface area contributed by atoms with Gasteiger partial charge in [0.2, 0.25) is 0 Å². The van der Waals surface area contributed by atoms with Crippen molar-refractivity contribution in [1.82, 2.24) is 0 Å². The van der Waals surface area contributed by atoms with Crippen LogP contribution >= 0.6 is 0 Å². The first-order valence-corrected chi connectivity index (χ1v) is 12.7. The number of nitrogens with zero attached hydrogens (tertiary/aromatic N) is 2. The first-order valence-electron chi connectivity index (χ1n) is 12.7. The first kappa shape index (κ1) is 23.3.